The Bertz CT molecular complexity index is 913. The van der Waals surface area contributed by atoms with Crippen LogP contribution in [0.3, 0.4) is 0 Å². The molecule has 0 unspecified atom stereocenters. The minimum atomic E-state index is -3.58. The minimum Gasteiger partial charge on any atom is -0.340 e. The highest BCUT2D eigenvalue weighted by Crippen LogP contribution is 2.21. The molecule has 1 heterocycles. The molecule has 0 spiro atoms. The number of halogens is 2. The molecule has 0 bridgehead atoms. The molecule has 150 valence electrons. The Balaban J connectivity index is 1.48. The Kier molecular flexibility index (Phi) is 6.98. The molecule has 0 saturated carbocycles. The Morgan fingerprint density at radius 3 is 2.21 bits per heavy atom. The topological polar surface area (TPSA) is 57.7 Å². The molecule has 28 heavy (non-hydrogen) atoms. The van der Waals surface area contributed by atoms with Gasteiger partial charge >= 0.3 is 0 Å². The predicted molar refractivity (Wildman–Crippen MR) is 109 cm³/mol. The number of hydrogen-bond acceptors (Lipinski definition) is 4. The van der Waals surface area contributed by atoms with E-state index in [9.17, 15) is 17.6 Å². The van der Waals surface area contributed by atoms with Crippen LogP contribution in [0.2, 0.25) is 5.02 Å². The van der Waals surface area contributed by atoms with Crippen molar-refractivity contribution in [2.24, 2.45) is 0 Å². The summed E-state index contributed by atoms with van der Waals surface area (Å²) >= 11 is 7.31. The Morgan fingerprint density at radius 2 is 1.61 bits per heavy atom. The van der Waals surface area contributed by atoms with Gasteiger partial charge in [0.2, 0.25) is 15.9 Å². The van der Waals surface area contributed by atoms with Gasteiger partial charge in [0.25, 0.3) is 0 Å². The van der Waals surface area contributed by atoms with Crippen molar-refractivity contribution in [1.29, 1.82) is 0 Å². The molecule has 0 atom stereocenters. The minimum absolute atomic E-state index is 0.00171. The molecule has 0 radical (unpaired) electrons. The van der Waals surface area contributed by atoms with Gasteiger partial charge in [0.15, 0.2) is 0 Å². The summed E-state index contributed by atoms with van der Waals surface area (Å²) in [5.74, 6) is 0.304. The van der Waals surface area contributed by atoms with Crippen LogP contribution in [0.1, 0.15) is 6.42 Å². The van der Waals surface area contributed by atoms with Gasteiger partial charge in [-0.25, -0.2) is 12.8 Å². The molecule has 9 heteroatoms. The zero-order chi connectivity index (χ0) is 20.1. The lowest BCUT2D eigenvalue weighted by Crippen LogP contribution is -2.50. The van der Waals surface area contributed by atoms with Crippen LogP contribution in [-0.2, 0) is 14.8 Å². The van der Waals surface area contributed by atoms with Gasteiger partial charge in [0, 0.05) is 48.3 Å². The number of piperazine rings is 1. The first-order valence-corrected chi connectivity index (χ1v) is 11.6. The molecular formula is C19H20ClFN2O3S2. The summed E-state index contributed by atoms with van der Waals surface area (Å²) in [5.41, 5.74) is 0. The number of thioether (sulfide) groups is 1. The van der Waals surface area contributed by atoms with E-state index < -0.39 is 10.0 Å². The van der Waals surface area contributed by atoms with Crippen molar-refractivity contribution in [3.05, 3.63) is 59.4 Å². The number of rotatable bonds is 6. The number of benzene rings is 2. The lowest BCUT2D eigenvalue weighted by Gasteiger charge is -2.34. The third-order valence-electron chi connectivity index (χ3n) is 4.44. The summed E-state index contributed by atoms with van der Waals surface area (Å²) < 4.78 is 39.6. The summed E-state index contributed by atoms with van der Waals surface area (Å²) in [5, 5.41) is 0.480. The summed E-state index contributed by atoms with van der Waals surface area (Å²) in [6.45, 7) is 1.27. The second-order valence-electron chi connectivity index (χ2n) is 6.29. The van der Waals surface area contributed by atoms with Crippen molar-refractivity contribution in [3.63, 3.8) is 0 Å². The number of hydrogen-bond donors (Lipinski definition) is 0. The SMILES string of the molecule is O=C(CCSc1ccc(F)cc1)N1CCN(S(=O)(=O)c2ccc(Cl)cc2)CC1. The van der Waals surface area contributed by atoms with Crippen molar-refractivity contribution >= 4 is 39.3 Å². The molecule has 0 aromatic heterocycles. The largest absolute Gasteiger partial charge is 0.340 e. The zero-order valence-electron chi connectivity index (χ0n) is 15.1. The highest BCUT2D eigenvalue weighted by atomic mass is 35.5. The van der Waals surface area contributed by atoms with Crippen molar-refractivity contribution in [2.75, 3.05) is 31.9 Å². The third-order valence-corrected chi connectivity index (χ3v) is 7.62. The van der Waals surface area contributed by atoms with E-state index >= 15 is 0 Å². The van der Waals surface area contributed by atoms with Crippen LogP contribution in [0.4, 0.5) is 4.39 Å². The van der Waals surface area contributed by atoms with Crippen LogP contribution in [-0.4, -0.2) is 55.5 Å². The predicted octanol–water partition coefficient (Wildman–Crippen LogP) is 3.49. The van der Waals surface area contributed by atoms with Crippen LogP contribution < -0.4 is 0 Å². The number of carbonyl (C=O) groups is 1. The molecule has 0 aliphatic carbocycles. The van der Waals surface area contributed by atoms with E-state index in [0.717, 1.165) is 4.90 Å². The fraction of sp³-hybridized carbons (Fsp3) is 0.316. The molecule has 3 rings (SSSR count). The molecule has 1 saturated heterocycles. The molecule has 1 aliphatic heterocycles. The fourth-order valence-corrected chi connectivity index (χ4v) is 5.27. The Labute approximate surface area is 173 Å². The quantitative estimate of drug-likeness (QED) is 0.642. The van der Waals surface area contributed by atoms with E-state index in [1.807, 2.05) is 0 Å². The fourth-order valence-electron chi connectivity index (χ4n) is 2.88. The maximum Gasteiger partial charge on any atom is 0.243 e. The van der Waals surface area contributed by atoms with Gasteiger partial charge in [-0.05, 0) is 48.5 Å². The van der Waals surface area contributed by atoms with Crippen molar-refractivity contribution < 1.29 is 17.6 Å². The summed E-state index contributed by atoms with van der Waals surface area (Å²) in [6, 6.07) is 12.2. The molecule has 2 aromatic rings. The highest BCUT2D eigenvalue weighted by molar-refractivity contribution is 7.99. The van der Waals surface area contributed by atoms with Crippen LogP contribution in [0, 0.1) is 5.82 Å². The number of nitrogens with zero attached hydrogens (tertiary/aromatic N) is 2. The average molecular weight is 443 g/mol. The van der Waals surface area contributed by atoms with Gasteiger partial charge in [-0.2, -0.15) is 4.31 Å². The highest BCUT2D eigenvalue weighted by Gasteiger charge is 2.29. The molecule has 5 nitrogen and oxygen atoms in total. The maximum atomic E-state index is 12.9. The van der Waals surface area contributed by atoms with E-state index in [-0.39, 0.29) is 29.7 Å². The zero-order valence-corrected chi connectivity index (χ0v) is 17.4. The van der Waals surface area contributed by atoms with Crippen LogP contribution >= 0.6 is 23.4 Å². The van der Waals surface area contributed by atoms with E-state index in [0.29, 0.717) is 30.3 Å². The van der Waals surface area contributed by atoms with Gasteiger partial charge in [0.1, 0.15) is 5.82 Å². The normalized spacial score (nSPS) is 15.6. The van der Waals surface area contributed by atoms with Crippen molar-refractivity contribution in [1.82, 2.24) is 9.21 Å². The second kappa shape index (κ2) is 9.26. The maximum absolute atomic E-state index is 12.9. The van der Waals surface area contributed by atoms with E-state index in [4.69, 9.17) is 11.6 Å². The number of amides is 1. The first-order valence-electron chi connectivity index (χ1n) is 8.78. The van der Waals surface area contributed by atoms with Gasteiger partial charge in [-0.3, -0.25) is 4.79 Å². The van der Waals surface area contributed by atoms with Crippen LogP contribution in [0.25, 0.3) is 0 Å². The molecule has 1 amide bonds. The smallest absolute Gasteiger partial charge is 0.243 e. The van der Waals surface area contributed by atoms with Gasteiger partial charge in [0.05, 0.1) is 4.90 Å². The van der Waals surface area contributed by atoms with Gasteiger partial charge < -0.3 is 4.90 Å². The van der Waals surface area contributed by atoms with Crippen LogP contribution in [0.5, 0.6) is 0 Å². The summed E-state index contributed by atoms with van der Waals surface area (Å²) in [4.78, 5) is 15.2. The lowest BCUT2D eigenvalue weighted by molar-refractivity contribution is -0.131. The van der Waals surface area contributed by atoms with Crippen LogP contribution in [0.15, 0.2) is 58.3 Å². The Morgan fingerprint density at radius 1 is 1.00 bits per heavy atom. The van der Waals surface area contributed by atoms with Gasteiger partial charge in [-0.15, -0.1) is 11.8 Å². The average Bonchev–Trinajstić information content (AvgIpc) is 2.70. The first-order chi connectivity index (χ1) is 13.4. The monoisotopic (exact) mass is 442 g/mol. The molecule has 0 N–H and O–H groups in total. The first kappa shape index (κ1) is 21.1. The van der Waals surface area contributed by atoms with Crippen molar-refractivity contribution in [2.45, 2.75) is 16.2 Å². The lowest BCUT2D eigenvalue weighted by atomic mass is 10.3. The van der Waals surface area contributed by atoms with E-state index in [1.165, 1.54) is 40.3 Å². The van der Waals surface area contributed by atoms with Crippen molar-refractivity contribution in [3.8, 4) is 0 Å². The molecule has 1 fully saturated rings. The van der Waals surface area contributed by atoms with E-state index in [2.05, 4.69) is 0 Å². The number of carbonyl (C=O) groups excluding carboxylic acids is 1. The molecule has 2 aromatic carbocycles. The second-order valence-corrected chi connectivity index (χ2v) is 9.83. The summed E-state index contributed by atoms with van der Waals surface area (Å²) in [6.07, 6.45) is 0.353. The summed E-state index contributed by atoms with van der Waals surface area (Å²) in [7, 11) is -3.58. The molecule has 1 aliphatic rings. The van der Waals surface area contributed by atoms with E-state index in [1.54, 1.807) is 29.2 Å². The standard InChI is InChI=1S/C19H20ClFN2O3S2/c20-15-1-7-18(8-2-15)28(25,26)23-12-10-22(11-13-23)19(24)9-14-27-17-5-3-16(21)4-6-17/h1-8H,9-14H2. The van der Waals surface area contributed by atoms with Gasteiger partial charge in [-0.1, -0.05) is 11.6 Å². The molecular weight excluding hydrogens is 423 g/mol. The Hall–Kier alpha value is -1.61. The number of sulfonamides is 1. The third kappa shape index (κ3) is 5.26.